The molecule has 0 bridgehead atoms. The zero-order valence-corrected chi connectivity index (χ0v) is 19.3. The first-order chi connectivity index (χ1) is 15.7. The maximum Gasteiger partial charge on any atom is 0.191 e. The fourth-order valence-electron chi connectivity index (χ4n) is 3.18. The van der Waals surface area contributed by atoms with Crippen molar-refractivity contribution in [1.29, 1.82) is 0 Å². The molecular weight excluding hydrogens is 400 g/mol. The third kappa shape index (κ3) is 7.42. The topological polar surface area (TPSA) is 66.7 Å². The van der Waals surface area contributed by atoms with E-state index in [1.165, 1.54) is 5.56 Å². The van der Waals surface area contributed by atoms with E-state index in [-0.39, 0.29) is 0 Å². The van der Waals surface area contributed by atoms with Crippen molar-refractivity contribution in [2.75, 3.05) is 40.3 Å². The number of guanidine groups is 1. The summed E-state index contributed by atoms with van der Waals surface area (Å²) in [5.74, 6) is 1.70. The number of hydrogen-bond acceptors (Lipinski definition) is 4. The summed E-state index contributed by atoms with van der Waals surface area (Å²) in [5, 5.41) is 11.0. The van der Waals surface area contributed by atoms with Crippen molar-refractivity contribution in [3.8, 4) is 11.4 Å². The van der Waals surface area contributed by atoms with Crippen LogP contribution in [0.5, 0.6) is 5.75 Å². The number of hydrogen-bond donors (Lipinski definition) is 2. The highest BCUT2D eigenvalue weighted by Crippen LogP contribution is 2.18. The molecule has 170 valence electrons. The van der Waals surface area contributed by atoms with E-state index in [9.17, 15) is 0 Å². The summed E-state index contributed by atoms with van der Waals surface area (Å²) >= 11 is 0. The molecule has 1 heterocycles. The number of ether oxygens (including phenoxy) is 1. The Morgan fingerprint density at radius 2 is 1.88 bits per heavy atom. The Hall–Kier alpha value is -3.32. The van der Waals surface area contributed by atoms with Crippen LogP contribution in [0.1, 0.15) is 18.1 Å². The van der Waals surface area contributed by atoms with Crippen molar-refractivity contribution in [2.24, 2.45) is 4.99 Å². The maximum atomic E-state index is 5.96. The first-order valence-electron chi connectivity index (χ1n) is 11.1. The Bertz CT molecular complexity index is 951. The summed E-state index contributed by atoms with van der Waals surface area (Å²) in [6.45, 7) is 5.78. The molecule has 0 amide bonds. The molecule has 32 heavy (non-hydrogen) atoms. The molecule has 0 fully saturated rings. The lowest BCUT2D eigenvalue weighted by molar-refractivity contribution is 0.259. The predicted molar refractivity (Wildman–Crippen MR) is 131 cm³/mol. The molecule has 0 aliphatic rings. The lowest BCUT2D eigenvalue weighted by Crippen LogP contribution is -2.38. The number of para-hydroxylation sites is 1. The van der Waals surface area contributed by atoms with E-state index < -0.39 is 0 Å². The summed E-state index contributed by atoms with van der Waals surface area (Å²) in [5.41, 5.74) is 3.41. The van der Waals surface area contributed by atoms with Gasteiger partial charge in [0.25, 0.3) is 0 Å². The molecule has 2 N–H and O–H groups in total. The van der Waals surface area contributed by atoms with Crippen LogP contribution in [0.15, 0.2) is 72.0 Å². The van der Waals surface area contributed by atoms with Crippen LogP contribution in [0.2, 0.25) is 0 Å². The van der Waals surface area contributed by atoms with Gasteiger partial charge in [0.2, 0.25) is 0 Å². The van der Waals surface area contributed by atoms with E-state index >= 15 is 0 Å². The highest BCUT2D eigenvalue weighted by molar-refractivity contribution is 5.79. The Morgan fingerprint density at radius 3 is 2.59 bits per heavy atom. The van der Waals surface area contributed by atoms with Crippen LogP contribution in [0, 0.1) is 0 Å². The lowest BCUT2D eigenvalue weighted by atomic mass is 10.1. The minimum Gasteiger partial charge on any atom is -0.492 e. The molecule has 0 unspecified atom stereocenters. The molecule has 0 aliphatic heterocycles. The van der Waals surface area contributed by atoms with Crippen LogP contribution < -0.4 is 15.4 Å². The average molecular weight is 435 g/mol. The minimum absolute atomic E-state index is 0.562. The summed E-state index contributed by atoms with van der Waals surface area (Å²) < 4.78 is 7.82. The van der Waals surface area contributed by atoms with Gasteiger partial charge in [-0.3, -0.25) is 0 Å². The van der Waals surface area contributed by atoms with Crippen molar-refractivity contribution in [1.82, 2.24) is 25.3 Å². The van der Waals surface area contributed by atoms with Gasteiger partial charge in [-0.15, -0.1) is 0 Å². The summed E-state index contributed by atoms with van der Waals surface area (Å²) in [6, 6.07) is 18.5. The first-order valence-corrected chi connectivity index (χ1v) is 11.1. The van der Waals surface area contributed by atoms with Crippen LogP contribution in [0.4, 0.5) is 0 Å². The van der Waals surface area contributed by atoms with E-state index in [1.54, 1.807) is 6.20 Å². The van der Waals surface area contributed by atoms with E-state index in [2.05, 4.69) is 57.9 Å². The molecule has 0 radical (unpaired) electrons. The number of benzene rings is 2. The van der Waals surface area contributed by atoms with Gasteiger partial charge in [-0.1, -0.05) is 30.3 Å². The average Bonchev–Trinajstić information content (AvgIpc) is 3.33. The van der Waals surface area contributed by atoms with Crippen molar-refractivity contribution >= 4 is 5.96 Å². The molecule has 7 heteroatoms. The van der Waals surface area contributed by atoms with Gasteiger partial charge in [-0.05, 0) is 57.3 Å². The number of aromatic nitrogens is 2. The molecule has 3 aromatic rings. The SMILES string of the molecule is CCNC(=NCc1ccccc1OCCN(C)C)NCCc1ccc(-n2cccn2)cc1. The van der Waals surface area contributed by atoms with Gasteiger partial charge in [0.1, 0.15) is 12.4 Å². The fraction of sp³-hybridized carbons (Fsp3) is 0.360. The van der Waals surface area contributed by atoms with E-state index in [4.69, 9.17) is 9.73 Å². The quantitative estimate of drug-likeness (QED) is 0.359. The van der Waals surface area contributed by atoms with Crippen molar-refractivity contribution in [3.63, 3.8) is 0 Å². The monoisotopic (exact) mass is 434 g/mol. The zero-order valence-electron chi connectivity index (χ0n) is 19.3. The van der Waals surface area contributed by atoms with Crippen molar-refractivity contribution in [2.45, 2.75) is 19.9 Å². The largest absolute Gasteiger partial charge is 0.492 e. The zero-order chi connectivity index (χ0) is 22.6. The maximum absolute atomic E-state index is 5.96. The van der Waals surface area contributed by atoms with Gasteiger partial charge in [-0.2, -0.15) is 5.10 Å². The minimum atomic E-state index is 0.562. The standard InChI is InChI=1S/C25H34N6O/c1-4-26-25(28-20-22-8-5-6-9-24(22)32-19-18-30(2)3)27-16-14-21-10-12-23(13-11-21)31-17-7-15-29-31/h5-13,15,17H,4,14,16,18-20H2,1-3H3,(H2,26,27,28). The Morgan fingerprint density at radius 1 is 1.06 bits per heavy atom. The fourth-order valence-corrected chi connectivity index (χ4v) is 3.18. The Balaban J connectivity index is 1.53. The second kappa shape index (κ2) is 12.5. The number of rotatable bonds is 11. The molecule has 2 aromatic carbocycles. The molecule has 0 saturated heterocycles. The second-order valence-electron chi connectivity index (χ2n) is 7.75. The van der Waals surface area contributed by atoms with Crippen LogP contribution in [0.25, 0.3) is 5.69 Å². The van der Waals surface area contributed by atoms with Gasteiger partial charge in [0.15, 0.2) is 5.96 Å². The number of aliphatic imine (C=N–C) groups is 1. The molecule has 0 spiro atoms. The Labute approximate surface area is 191 Å². The summed E-state index contributed by atoms with van der Waals surface area (Å²) in [4.78, 5) is 6.87. The predicted octanol–water partition coefficient (Wildman–Crippen LogP) is 3.11. The smallest absolute Gasteiger partial charge is 0.191 e. The summed E-state index contributed by atoms with van der Waals surface area (Å²) in [7, 11) is 4.09. The van der Waals surface area contributed by atoms with Crippen LogP contribution in [-0.2, 0) is 13.0 Å². The first kappa shape index (κ1) is 23.3. The van der Waals surface area contributed by atoms with Crippen LogP contribution >= 0.6 is 0 Å². The highest BCUT2D eigenvalue weighted by Gasteiger charge is 2.05. The van der Waals surface area contributed by atoms with Gasteiger partial charge >= 0.3 is 0 Å². The molecule has 0 atom stereocenters. The second-order valence-corrected chi connectivity index (χ2v) is 7.75. The van der Waals surface area contributed by atoms with E-state index in [1.807, 2.05) is 49.2 Å². The van der Waals surface area contributed by atoms with Crippen LogP contribution in [0.3, 0.4) is 0 Å². The molecule has 0 aliphatic carbocycles. The highest BCUT2D eigenvalue weighted by atomic mass is 16.5. The van der Waals surface area contributed by atoms with Crippen molar-refractivity contribution < 1.29 is 4.74 Å². The molecule has 0 saturated carbocycles. The number of likely N-dealkylation sites (N-methyl/N-ethyl adjacent to an activating group) is 1. The van der Waals surface area contributed by atoms with Gasteiger partial charge < -0.3 is 20.3 Å². The molecular formula is C25H34N6O. The third-order valence-electron chi connectivity index (χ3n) is 4.93. The molecule has 3 rings (SSSR count). The normalized spacial score (nSPS) is 11.6. The Kier molecular flexibility index (Phi) is 9.13. The van der Waals surface area contributed by atoms with Crippen LogP contribution in [-0.4, -0.2) is 61.0 Å². The lowest BCUT2D eigenvalue weighted by Gasteiger charge is -2.14. The molecule has 7 nitrogen and oxygen atoms in total. The van der Waals surface area contributed by atoms with E-state index in [0.717, 1.165) is 49.0 Å². The summed E-state index contributed by atoms with van der Waals surface area (Å²) in [6.07, 6.45) is 4.64. The number of nitrogens with one attached hydrogen (secondary N) is 2. The third-order valence-corrected chi connectivity index (χ3v) is 4.93. The molecule has 1 aromatic heterocycles. The van der Waals surface area contributed by atoms with Gasteiger partial charge in [-0.25, -0.2) is 9.67 Å². The van der Waals surface area contributed by atoms with Gasteiger partial charge in [0, 0.05) is 37.6 Å². The van der Waals surface area contributed by atoms with Crippen molar-refractivity contribution in [3.05, 3.63) is 78.1 Å². The van der Waals surface area contributed by atoms with Gasteiger partial charge in [0.05, 0.1) is 12.2 Å². The number of nitrogens with zero attached hydrogens (tertiary/aromatic N) is 4. The van der Waals surface area contributed by atoms with E-state index in [0.29, 0.717) is 13.2 Å².